The number of rotatable bonds is 0. The second-order valence-electron chi connectivity index (χ2n) is 2.22. The molecule has 1 unspecified atom stereocenters. The maximum Gasteiger partial charge on any atom is 0.0962 e. The summed E-state index contributed by atoms with van der Waals surface area (Å²) in [5.41, 5.74) is 0.665. The number of nitriles is 2. The van der Waals surface area contributed by atoms with Crippen LogP contribution < -0.4 is 5.32 Å². The highest BCUT2D eigenvalue weighted by atomic mass is 14.8. The standard InChI is InChI=1S/C7H7N3/c8-2-6-1-7(3-9)5-10-4-6/h4,7,10H,1,5H2. The lowest BCUT2D eigenvalue weighted by atomic mass is 10.00. The average molecular weight is 133 g/mol. The van der Waals surface area contributed by atoms with E-state index < -0.39 is 0 Å². The minimum Gasteiger partial charge on any atom is -0.389 e. The average Bonchev–Trinajstić information content (AvgIpc) is 2.05. The zero-order valence-corrected chi connectivity index (χ0v) is 5.46. The molecule has 3 nitrogen and oxygen atoms in total. The summed E-state index contributed by atoms with van der Waals surface area (Å²) >= 11 is 0. The number of nitrogens with one attached hydrogen (secondary N) is 1. The Bertz CT molecular complexity index is 228. The van der Waals surface area contributed by atoms with Gasteiger partial charge in [0, 0.05) is 24.7 Å². The van der Waals surface area contributed by atoms with Crippen molar-refractivity contribution in [1.82, 2.24) is 5.32 Å². The van der Waals surface area contributed by atoms with Crippen molar-refractivity contribution in [1.29, 1.82) is 10.5 Å². The van der Waals surface area contributed by atoms with Crippen molar-refractivity contribution in [2.75, 3.05) is 6.54 Å². The molecule has 0 aromatic rings. The summed E-state index contributed by atoms with van der Waals surface area (Å²) in [7, 11) is 0. The van der Waals surface area contributed by atoms with Crippen LogP contribution in [0.3, 0.4) is 0 Å². The van der Waals surface area contributed by atoms with E-state index in [1.807, 2.05) is 6.07 Å². The molecule has 0 fully saturated rings. The fourth-order valence-electron chi connectivity index (χ4n) is 0.890. The van der Waals surface area contributed by atoms with Crippen molar-refractivity contribution in [3.8, 4) is 12.1 Å². The molecule has 0 aromatic carbocycles. The van der Waals surface area contributed by atoms with Gasteiger partial charge in [-0.3, -0.25) is 0 Å². The van der Waals surface area contributed by atoms with E-state index in [1.54, 1.807) is 6.20 Å². The molecule has 0 amide bonds. The third-order valence-corrected chi connectivity index (χ3v) is 1.43. The van der Waals surface area contributed by atoms with Crippen molar-refractivity contribution in [2.24, 2.45) is 5.92 Å². The molecule has 10 heavy (non-hydrogen) atoms. The predicted octanol–water partition coefficient (Wildman–Crippen LogP) is 0.527. The molecule has 50 valence electrons. The van der Waals surface area contributed by atoms with Crippen LogP contribution in [0, 0.1) is 28.6 Å². The normalized spacial score (nSPS) is 23.4. The van der Waals surface area contributed by atoms with Gasteiger partial charge in [0.15, 0.2) is 0 Å². The van der Waals surface area contributed by atoms with Crippen LogP contribution in [0.15, 0.2) is 11.8 Å². The second kappa shape index (κ2) is 2.89. The van der Waals surface area contributed by atoms with Crippen LogP contribution in [0.25, 0.3) is 0 Å². The van der Waals surface area contributed by atoms with E-state index in [4.69, 9.17) is 10.5 Å². The van der Waals surface area contributed by atoms with Crippen LogP contribution in [0.4, 0.5) is 0 Å². The molecule has 3 heteroatoms. The third kappa shape index (κ3) is 1.27. The SMILES string of the molecule is N#CC1=CNCC(C#N)C1. The van der Waals surface area contributed by atoms with Crippen LogP contribution in [0.1, 0.15) is 6.42 Å². The lowest BCUT2D eigenvalue weighted by Crippen LogP contribution is -2.22. The van der Waals surface area contributed by atoms with Crippen molar-refractivity contribution in [3.63, 3.8) is 0 Å². The second-order valence-corrected chi connectivity index (χ2v) is 2.22. The molecule has 1 heterocycles. The van der Waals surface area contributed by atoms with Gasteiger partial charge in [-0.2, -0.15) is 10.5 Å². The molecular formula is C7H7N3. The minimum absolute atomic E-state index is 0.0281. The molecule has 1 N–H and O–H groups in total. The highest BCUT2D eigenvalue weighted by Gasteiger charge is 2.13. The smallest absolute Gasteiger partial charge is 0.0962 e. The predicted molar refractivity (Wildman–Crippen MR) is 35.4 cm³/mol. The Hall–Kier alpha value is -1.48. The van der Waals surface area contributed by atoms with E-state index in [2.05, 4.69) is 11.4 Å². The summed E-state index contributed by atoms with van der Waals surface area (Å²) < 4.78 is 0. The Labute approximate surface area is 59.6 Å². The first-order valence-corrected chi connectivity index (χ1v) is 3.09. The summed E-state index contributed by atoms with van der Waals surface area (Å²) in [6, 6.07) is 4.13. The van der Waals surface area contributed by atoms with Crippen molar-refractivity contribution >= 4 is 0 Å². The number of allylic oxidation sites excluding steroid dienone is 1. The largest absolute Gasteiger partial charge is 0.389 e. The molecule has 0 aliphatic carbocycles. The van der Waals surface area contributed by atoms with E-state index in [0.29, 0.717) is 18.5 Å². The summed E-state index contributed by atoms with van der Waals surface area (Å²) in [6.07, 6.45) is 2.27. The van der Waals surface area contributed by atoms with Gasteiger partial charge in [-0.25, -0.2) is 0 Å². The zero-order chi connectivity index (χ0) is 7.40. The summed E-state index contributed by atoms with van der Waals surface area (Å²) in [4.78, 5) is 0. The highest BCUT2D eigenvalue weighted by Crippen LogP contribution is 2.12. The molecular weight excluding hydrogens is 126 g/mol. The topological polar surface area (TPSA) is 59.6 Å². The third-order valence-electron chi connectivity index (χ3n) is 1.43. The number of hydrogen-bond donors (Lipinski definition) is 1. The molecule has 0 radical (unpaired) electrons. The van der Waals surface area contributed by atoms with Gasteiger partial charge >= 0.3 is 0 Å². The Balaban J connectivity index is 2.61. The van der Waals surface area contributed by atoms with Gasteiger partial charge in [0.1, 0.15) is 0 Å². The van der Waals surface area contributed by atoms with Gasteiger partial charge in [0.05, 0.1) is 18.1 Å². The van der Waals surface area contributed by atoms with E-state index >= 15 is 0 Å². The van der Waals surface area contributed by atoms with Gasteiger partial charge in [0.2, 0.25) is 0 Å². The van der Waals surface area contributed by atoms with E-state index in [9.17, 15) is 0 Å². The fraction of sp³-hybridized carbons (Fsp3) is 0.429. The number of hydrogen-bond acceptors (Lipinski definition) is 3. The minimum atomic E-state index is -0.0281. The van der Waals surface area contributed by atoms with Gasteiger partial charge in [-0.15, -0.1) is 0 Å². The molecule has 0 bridgehead atoms. The number of nitrogens with zero attached hydrogens (tertiary/aromatic N) is 2. The van der Waals surface area contributed by atoms with Crippen LogP contribution in [-0.4, -0.2) is 6.54 Å². The summed E-state index contributed by atoms with van der Waals surface area (Å²) in [5, 5.41) is 19.8. The highest BCUT2D eigenvalue weighted by molar-refractivity contribution is 5.23. The van der Waals surface area contributed by atoms with Crippen LogP contribution in [0.5, 0.6) is 0 Å². The quantitative estimate of drug-likeness (QED) is 0.524. The Kier molecular flexibility index (Phi) is 1.92. The van der Waals surface area contributed by atoms with E-state index in [1.165, 1.54) is 0 Å². The van der Waals surface area contributed by atoms with Crippen molar-refractivity contribution in [3.05, 3.63) is 11.8 Å². The first kappa shape index (κ1) is 6.64. The van der Waals surface area contributed by atoms with Crippen LogP contribution in [0.2, 0.25) is 0 Å². The van der Waals surface area contributed by atoms with Gasteiger partial charge in [-0.05, 0) is 0 Å². The summed E-state index contributed by atoms with van der Waals surface area (Å²) in [5.74, 6) is -0.0281. The first-order chi connectivity index (χ1) is 4.86. The Morgan fingerprint density at radius 1 is 1.60 bits per heavy atom. The van der Waals surface area contributed by atoms with E-state index in [0.717, 1.165) is 0 Å². The zero-order valence-electron chi connectivity index (χ0n) is 5.46. The van der Waals surface area contributed by atoms with Gasteiger partial charge in [0.25, 0.3) is 0 Å². The molecule has 1 atom stereocenters. The summed E-state index contributed by atoms with van der Waals surface area (Å²) in [6.45, 7) is 0.668. The molecule has 0 spiro atoms. The van der Waals surface area contributed by atoms with Crippen LogP contribution in [-0.2, 0) is 0 Å². The van der Waals surface area contributed by atoms with Crippen molar-refractivity contribution in [2.45, 2.75) is 6.42 Å². The molecule has 1 rings (SSSR count). The van der Waals surface area contributed by atoms with Gasteiger partial charge in [-0.1, -0.05) is 0 Å². The Morgan fingerprint density at radius 2 is 2.40 bits per heavy atom. The van der Waals surface area contributed by atoms with Gasteiger partial charge < -0.3 is 5.32 Å². The molecule has 1 aliphatic rings. The molecule has 0 saturated carbocycles. The van der Waals surface area contributed by atoms with Crippen molar-refractivity contribution < 1.29 is 0 Å². The molecule has 0 aromatic heterocycles. The Morgan fingerprint density at radius 3 is 3.00 bits per heavy atom. The monoisotopic (exact) mass is 133 g/mol. The van der Waals surface area contributed by atoms with E-state index in [-0.39, 0.29) is 5.92 Å². The molecule has 0 saturated heterocycles. The fourth-order valence-corrected chi connectivity index (χ4v) is 0.890. The maximum absolute atomic E-state index is 8.48. The first-order valence-electron chi connectivity index (χ1n) is 3.09. The lowest BCUT2D eigenvalue weighted by molar-refractivity contribution is 0.593. The van der Waals surface area contributed by atoms with Crippen LogP contribution >= 0.6 is 0 Å². The molecule has 1 aliphatic heterocycles. The maximum atomic E-state index is 8.48. The lowest BCUT2D eigenvalue weighted by Gasteiger charge is -2.13.